The molecule has 0 bridgehead atoms. The number of methoxy groups -OCH3 is 6. The molecule has 74 heavy (non-hydrogen) atoms. The van der Waals surface area contributed by atoms with Crippen LogP contribution in [-0.2, 0) is 14.3 Å². The van der Waals surface area contributed by atoms with Crippen molar-refractivity contribution in [3.05, 3.63) is 172 Å². The van der Waals surface area contributed by atoms with E-state index < -0.39 is 0 Å². The molecule has 0 aromatic heterocycles. The molecule has 0 aliphatic heterocycles. The van der Waals surface area contributed by atoms with E-state index in [1.807, 2.05) is 84.9 Å². The second-order valence-electron chi connectivity index (χ2n) is 14.9. The number of ketones is 7. The van der Waals surface area contributed by atoms with Crippen molar-refractivity contribution < 1.29 is 62.0 Å². The quantitative estimate of drug-likeness (QED) is 0.0573. The minimum absolute atomic E-state index is 0. The zero-order valence-electron chi connectivity index (χ0n) is 42.3. The van der Waals surface area contributed by atoms with Crippen molar-refractivity contribution >= 4 is 57.3 Å². The van der Waals surface area contributed by atoms with Gasteiger partial charge in [0.25, 0.3) is 0 Å². The third-order valence-electron chi connectivity index (χ3n) is 9.46. The summed E-state index contributed by atoms with van der Waals surface area (Å²) in [5, 5.41) is 2.14. The average Bonchev–Trinajstić information content (AvgIpc) is 3.36. The van der Waals surface area contributed by atoms with Gasteiger partial charge in [0.15, 0.2) is 52.0 Å². The first kappa shape index (κ1) is 72.7. The van der Waals surface area contributed by atoms with Crippen LogP contribution in [0, 0.1) is 0 Å². The average molecular weight is 1020 g/mol. The maximum atomic E-state index is 11.2. The Labute approximate surface area is 440 Å². The summed E-state index contributed by atoms with van der Waals surface area (Å²) in [7, 11) is 9.69. The van der Waals surface area contributed by atoms with E-state index in [2.05, 4.69) is 9.47 Å². The number of ether oxygens (including phenoxy) is 6. The fraction of sp³-hybridized carbons (Fsp3) is 0.295. The first-order valence-corrected chi connectivity index (χ1v) is 21.6. The topological polar surface area (TPSA) is 175 Å². The summed E-state index contributed by atoms with van der Waals surface area (Å²) in [5.74, 6) is 2.91. The lowest BCUT2D eigenvalue weighted by Gasteiger charge is -2.04. The summed E-state index contributed by atoms with van der Waals surface area (Å²) < 4.78 is 29.1. The zero-order valence-corrected chi connectivity index (χ0v) is 42.3. The standard InChI is InChI=1S/C13H12O2.C12H12O3.C11H12O2.C10H10O2.C8H10O2.C3H8O2.4CH4/c1-9(14)10-3-4-12-8-13(15-2)6-5-11(12)7-10;1-7(13)10-4-11(8(2)14)6-12(5-10)9(3)15;1-9(12)3-4-10-5-7-11(13-2)8-6-10;1-7(11)9-3-5-10(6-4-9)8(2)12;1-9-7-5-3-4-6-8(7)10-2;1-4-3-5-2;;;;/h3-8H,1-2H3;4-6H,1-3H3;3-8H,1-2H3;3-6H,1-2H3;3-6H,1-2H3;3H2,1-2H3;4*1H4. The predicted octanol–water partition coefficient (Wildman–Crippen LogP) is 14.2. The Hall–Kier alpha value is -7.87. The molecule has 6 rings (SSSR count). The Morgan fingerprint density at radius 2 is 0.703 bits per heavy atom. The van der Waals surface area contributed by atoms with Crippen molar-refractivity contribution in [2.24, 2.45) is 0 Å². The minimum Gasteiger partial charge on any atom is -0.497 e. The van der Waals surface area contributed by atoms with Crippen molar-refractivity contribution in [3.8, 4) is 23.0 Å². The van der Waals surface area contributed by atoms with Gasteiger partial charge < -0.3 is 28.4 Å². The summed E-state index contributed by atoms with van der Waals surface area (Å²) in [6, 6.07) is 37.7. The molecule has 0 saturated heterocycles. The van der Waals surface area contributed by atoms with Crippen LogP contribution in [0.1, 0.15) is 146 Å². The summed E-state index contributed by atoms with van der Waals surface area (Å²) >= 11 is 0. The maximum Gasteiger partial charge on any atom is 0.160 e. The number of carbonyl (C=O) groups excluding carboxylic acids is 7. The molecule has 6 aromatic rings. The fourth-order valence-electron chi connectivity index (χ4n) is 5.58. The van der Waals surface area contributed by atoms with Crippen LogP contribution < -0.4 is 18.9 Å². The first-order valence-electron chi connectivity index (χ1n) is 21.6. The molecule has 402 valence electrons. The summed E-state index contributed by atoms with van der Waals surface area (Å²) in [4.78, 5) is 77.0. The van der Waals surface area contributed by atoms with Gasteiger partial charge in [-0.15, -0.1) is 0 Å². The molecule has 6 aromatic carbocycles. The molecule has 0 saturated carbocycles. The molecule has 0 spiro atoms. The molecule has 0 aliphatic carbocycles. The summed E-state index contributed by atoms with van der Waals surface area (Å²) in [5.41, 5.74) is 4.21. The number of hydrogen-bond donors (Lipinski definition) is 0. The Kier molecular flexibility index (Phi) is 39.0. The third kappa shape index (κ3) is 27.7. The highest BCUT2D eigenvalue weighted by Gasteiger charge is 2.10. The highest BCUT2D eigenvalue weighted by molar-refractivity contribution is 6.04. The molecular formula is C61H80O13. The maximum absolute atomic E-state index is 11.2. The molecule has 0 N–H and O–H groups in total. The third-order valence-corrected chi connectivity index (χ3v) is 9.46. The normalized spacial score (nSPS) is 9.20. The molecule has 0 fully saturated rings. The molecule has 0 unspecified atom stereocenters. The van der Waals surface area contributed by atoms with Crippen LogP contribution in [0.4, 0.5) is 0 Å². The fourth-order valence-corrected chi connectivity index (χ4v) is 5.58. The number of para-hydroxylation sites is 2. The van der Waals surface area contributed by atoms with Gasteiger partial charge in [-0.3, -0.25) is 33.6 Å². The largest absolute Gasteiger partial charge is 0.497 e. The smallest absolute Gasteiger partial charge is 0.160 e. The van der Waals surface area contributed by atoms with Gasteiger partial charge in [0, 0.05) is 47.6 Å². The van der Waals surface area contributed by atoms with Gasteiger partial charge in [-0.2, -0.15) is 0 Å². The number of carbonyl (C=O) groups is 7. The van der Waals surface area contributed by atoms with Gasteiger partial charge in [-0.1, -0.05) is 103 Å². The number of hydrogen-bond acceptors (Lipinski definition) is 13. The SMILES string of the molecule is C.C.C.C.CC(=O)c1cc(C(C)=O)cc(C(C)=O)c1.CC(=O)c1ccc(C(C)=O)cc1.COCOC.COc1ccc(C=CC(C)=O)cc1.COc1ccc2cc(C(C)=O)ccc2c1.COc1ccccc1OC. The van der Waals surface area contributed by atoms with E-state index >= 15 is 0 Å². The highest BCUT2D eigenvalue weighted by atomic mass is 16.6. The molecule has 13 nitrogen and oxygen atoms in total. The Bertz CT molecular complexity index is 2540. The Morgan fingerprint density at radius 3 is 1.01 bits per heavy atom. The predicted molar refractivity (Wildman–Crippen MR) is 301 cm³/mol. The first-order chi connectivity index (χ1) is 33.2. The van der Waals surface area contributed by atoms with E-state index in [4.69, 9.17) is 18.9 Å². The lowest BCUT2D eigenvalue weighted by Crippen LogP contribution is -2.03. The van der Waals surface area contributed by atoms with Crippen LogP contribution in [0.2, 0.25) is 0 Å². The number of benzene rings is 6. The van der Waals surface area contributed by atoms with E-state index in [0.29, 0.717) is 34.6 Å². The molecule has 13 heteroatoms. The second kappa shape index (κ2) is 39.7. The van der Waals surface area contributed by atoms with Gasteiger partial charge in [0.1, 0.15) is 18.3 Å². The lowest BCUT2D eigenvalue weighted by molar-refractivity contribution is -0.112. The van der Waals surface area contributed by atoms with Crippen molar-refractivity contribution in [3.63, 3.8) is 0 Å². The van der Waals surface area contributed by atoms with Crippen molar-refractivity contribution in [2.45, 2.75) is 78.2 Å². The van der Waals surface area contributed by atoms with E-state index in [0.717, 1.165) is 44.9 Å². The minimum atomic E-state index is -0.152. The van der Waals surface area contributed by atoms with Crippen LogP contribution in [-0.4, -0.2) is 89.9 Å². The summed E-state index contributed by atoms with van der Waals surface area (Å²) in [6.45, 7) is 10.7. The van der Waals surface area contributed by atoms with Gasteiger partial charge in [0.05, 0.1) is 28.4 Å². The molecular weight excluding hydrogens is 941 g/mol. The Morgan fingerprint density at radius 1 is 0.365 bits per heavy atom. The number of fused-ring (bicyclic) bond motifs is 1. The van der Waals surface area contributed by atoms with Gasteiger partial charge in [-0.05, 0) is 132 Å². The van der Waals surface area contributed by atoms with E-state index in [1.54, 1.807) is 86.0 Å². The Balaban J connectivity index is -0.000000401. The van der Waals surface area contributed by atoms with E-state index in [9.17, 15) is 33.6 Å². The lowest BCUT2D eigenvalue weighted by atomic mass is 10.00. The summed E-state index contributed by atoms with van der Waals surface area (Å²) in [6.07, 6.45) is 3.32. The van der Waals surface area contributed by atoms with Crippen LogP contribution in [0.15, 0.2) is 133 Å². The van der Waals surface area contributed by atoms with Gasteiger partial charge in [-0.25, -0.2) is 0 Å². The van der Waals surface area contributed by atoms with Gasteiger partial charge >= 0.3 is 0 Å². The van der Waals surface area contributed by atoms with Crippen LogP contribution in [0.5, 0.6) is 23.0 Å². The molecule has 0 heterocycles. The molecule has 0 aliphatic rings. The number of allylic oxidation sites excluding steroid dienone is 1. The number of Topliss-reactive ketones (excluding diaryl/α,β-unsaturated/α-hetero) is 6. The van der Waals surface area contributed by atoms with Crippen LogP contribution >= 0.6 is 0 Å². The van der Waals surface area contributed by atoms with Gasteiger partial charge in [0.2, 0.25) is 0 Å². The van der Waals surface area contributed by atoms with Crippen molar-refractivity contribution in [2.75, 3.05) is 49.5 Å². The number of rotatable bonds is 14. The molecule has 0 atom stereocenters. The van der Waals surface area contributed by atoms with Crippen molar-refractivity contribution in [1.29, 1.82) is 0 Å². The van der Waals surface area contributed by atoms with E-state index in [-0.39, 0.29) is 70.2 Å². The zero-order chi connectivity index (χ0) is 52.8. The van der Waals surface area contributed by atoms with E-state index in [1.165, 1.54) is 59.7 Å². The van der Waals surface area contributed by atoms with Crippen molar-refractivity contribution in [1.82, 2.24) is 0 Å². The highest BCUT2D eigenvalue weighted by Crippen LogP contribution is 2.25. The monoisotopic (exact) mass is 1020 g/mol. The molecule has 0 amide bonds. The van der Waals surface area contributed by atoms with Crippen LogP contribution in [0.25, 0.3) is 16.8 Å². The van der Waals surface area contributed by atoms with Crippen LogP contribution in [0.3, 0.4) is 0 Å². The molecule has 0 radical (unpaired) electrons. The second-order valence-corrected chi connectivity index (χ2v) is 14.9.